The van der Waals surface area contributed by atoms with Gasteiger partial charge in [-0.1, -0.05) is 18.7 Å². The van der Waals surface area contributed by atoms with E-state index in [1.807, 2.05) is 18.4 Å². The first-order valence-corrected chi connectivity index (χ1v) is 16.2. The molecule has 1 atom stereocenters. The van der Waals surface area contributed by atoms with Crippen molar-refractivity contribution in [3.63, 3.8) is 0 Å². The van der Waals surface area contributed by atoms with Gasteiger partial charge >= 0.3 is 0 Å². The summed E-state index contributed by atoms with van der Waals surface area (Å²) in [6.45, 7) is 5.72. The quantitative estimate of drug-likeness (QED) is 0.0921. The summed E-state index contributed by atoms with van der Waals surface area (Å²) in [5.74, 6) is -2.60. The van der Waals surface area contributed by atoms with E-state index in [0.29, 0.717) is 45.7 Å². The molecule has 2 aromatic carbocycles. The average Bonchev–Trinajstić information content (AvgIpc) is 3.75. The lowest BCUT2D eigenvalue weighted by Gasteiger charge is -2.33. The molecule has 0 radical (unpaired) electrons. The summed E-state index contributed by atoms with van der Waals surface area (Å²) < 4.78 is 69.3. The first-order valence-electron chi connectivity index (χ1n) is 15.3. The van der Waals surface area contributed by atoms with E-state index in [9.17, 15) is 22.8 Å². The predicted octanol–water partition coefficient (Wildman–Crippen LogP) is 6.88. The number of rotatable bonds is 11. The Balaban J connectivity index is 1.56. The molecule has 14 heteroatoms. The number of methoxy groups -OCH3 is 1. The lowest BCUT2D eigenvalue weighted by Crippen LogP contribution is -2.40. The molecule has 0 unspecified atom stereocenters. The van der Waals surface area contributed by atoms with Gasteiger partial charge in [0, 0.05) is 52.6 Å². The Morgan fingerprint density at radius 2 is 1.86 bits per heavy atom. The molecular formula is C35H31F4N5O4S. The number of ether oxygens (including phenoxy) is 2. The molecule has 1 N–H and O–H groups in total. The molecule has 5 aromatic rings. The molecule has 0 aliphatic carbocycles. The Hall–Kier alpha value is -5.08. The van der Waals surface area contributed by atoms with Gasteiger partial charge in [0.05, 0.1) is 42.7 Å². The Labute approximate surface area is 282 Å². The minimum atomic E-state index is -2.68. The largest absolute Gasteiger partial charge is 0.490 e. The van der Waals surface area contributed by atoms with Crippen LogP contribution in [-0.4, -0.2) is 71.3 Å². The van der Waals surface area contributed by atoms with Gasteiger partial charge in [-0.15, -0.1) is 11.3 Å². The zero-order valence-electron chi connectivity index (χ0n) is 26.5. The van der Waals surface area contributed by atoms with Gasteiger partial charge in [-0.05, 0) is 42.6 Å². The van der Waals surface area contributed by atoms with Crippen LogP contribution >= 0.6 is 11.3 Å². The van der Waals surface area contributed by atoms with Crippen molar-refractivity contribution in [2.24, 2.45) is 0 Å². The molecule has 0 bridgehead atoms. The number of benzene rings is 2. The molecule has 0 saturated carbocycles. The zero-order valence-corrected chi connectivity index (χ0v) is 27.3. The van der Waals surface area contributed by atoms with Crippen LogP contribution in [0.15, 0.2) is 66.6 Å². The summed E-state index contributed by atoms with van der Waals surface area (Å²) >= 11 is 1.32. The van der Waals surface area contributed by atoms with Crippen LogP contribution in [0.3, 0.4) is 0 Å². The first kappa shape index (κ1) is 33.8. The maximum absolute atomic E-state index is 16.0. The molecule has 2 amide bonds. The zero-order chi connectivity index (χ0) is 34.8. The summed E-state index contributed by atoms with van der Waals surface area (Å²) in [5, 5.41) is 9.50. The highest BCUT2D eigenvalue weighted by molar-refractivity contribution is 7.18. The topological polar surface area (TPSA) is 98.6 Å². The van der Waals surface area contributed by atoms with Gasteiger partial charge in [0.15, 0.2) is 0 Å². The number of hydrogen-bond donors (Lipinski definition) is 1. The number of nitrogens with one attached hydrogen (secondary N) is 1. The summed E-state index contributed by atoms with van der Waals surface area (Å²) in [6, 6.07) is 11.5. The molecule has 49 heavy (non-hydrogen) atoms. The van der Waals surface area contributed by atoms with Gasteiger partial charge in [-0.25, -0.2) is 22.5 Å². The van der Waals surface area contributed by atoms with Crippen LogP contribution in [-0.2, 0) is 16.1 Å². The van der Waals surface area contributed by atoms with E-state index in [0.717, 1.165) is 17.8 Å². The van der Waals surface area contributed by atoms with Crippen LogP contribution in [0.4, 0.5) is 17.6 Å². The SMILES string of the molecule is C=CC(=O)N1CCn2nc(-c3nc(-c4ccc(C(=O)NCC(F)F)cc4)c4ccsc4c3-c3c(F)cc(F)cc3OCCOC)cc2[C@H]1C. The first-order chi connectivity index (χ1) is 23.6. The molecule has 9 nitrogen and oxygen atoms in total. The molecule has 0 spiro atoms. The number of carbonyl (C=O) groups is 2. The van der Waals surface area contributed by atoms with E-state index in [2.05, 4.69) is 11.9 Å². The van der Waals surface area contributed by atoms with Crippen molar-refractivity contribution >= 4 is 33.2 Å². The van der Waals surface area contributed by atoms with Gasteiger partial charge in [-0.3, -0.25) is 14.3 Å². The molecule has 0 saturated heterocycles. The maximum atomic E-state index is 16.0. The fourth-order valence-corrected chi connectivity index (χ4v) is 6.84. The highest BCUT2D eigenvalue weighted by Gasteiger charge is 2.31. The average molecular weight is 694 g/mol. The van der Waals surface area contributed by atoms with Gasteiger partial charge in [0.2, 0.25) is 5.91 Å². The molecule has 1 aliphatic rings. The number of fused-ring (bicyclic) bond motifs is 2. The second kappa shape index (κ2) is 14.2. The minimum absolute atomic E-state index is 0.00691. The monoisotopic (exact) mass is 693 g/mol. The second-order valence-corrected chi connectivity index (χ2v) is 12.1. The van der Waals surface area contributed by atoms with Crippen molar-refractivity contribution in [3.8, 4) is 39.5 Å². The van der Waals surface area contributed by atoms with Crippen molar-refractivity contribution in [3.05, 3.63) is 89.5 Å². The molecule has 4 heterocycles. The van der Waals surface area contributed by atoms with E-state index in [-0.39, 0.29) is 47.7 Å². The van der Waals surface area contributed by atoms with Crippen LogP contribution in [0.2, 0.25) is 0 Å². The predicted molar refractivity (Wildman–Crippen MR) is 178 cm³/mol. The Bertz CT molecular complexity index is 2050. The third-order valence-electron chi connectivity index (χ3n) is 8.22. The third-order valence-corrected chi connectivity index (χ3v) is 9.15. The van der Waals surface area contributed by atoms with Gasteiger partial charge < -0.3 is 19.7 Å². The summed E-state index contributed by atoms with van der Waals surface area (Å²) in [7, 11) is 1.49. The van der Waals surface area contributed by atoms with Crippen LogP contribution in [0, 0.1) is 11.6 Å². The highest BCUT2D eigenvalue weighted by atomic mass is 32.1. The molecule has 6 rings (SSSR count). The smallest absolute Gasteiger partial charge is 0.255 e. The van der Waals surface area contributed by atoms with Gasteiger partial charge in [0.1, 0.15) is 35.4 Å². The fraction of sp³-hybridized carbons (Fsp3) is 0.257. The summed E-state index contributed by atoms with van der Waals surface area (Å²) in [4.78, 5) is 31.7. The van der Waals surface area contributed by atoms with Crippen LogP contribution in [0.25, 0.3) is 43.9 Å². The van der Waals surface area contributed by atoms with E-state index < -0.39 is 30.5 Å². The minimum Gasteiger partial charge on any atom is -0.490 e. The number of pyridine rings is 1. The number of nitrogens with zero attached hydrogens (tertiary/aromatic N) is 4. The van der Waals surface area contributed by atoms with Crippen molar-refractivity contribution in [1.29, 1.82) is 0 Å². The van der Waals surface area contributed by atoms with Crippen LogP contribution < -0.4 is 10.1 Å². The molecule has 0 fully saturated rings. The number of halogens is 4. The lowest BCUT2D eigenvalue weighted by molar-refractivity contribution is -0.129. The highest BCUT2D eigenvalue weighted by Crippen LogP contribution is 2.47. The van der Waals surface area contributed by atoms with E-state index >= 15 is 4.39 Å². The molecule has 3 aromatic heterocycles. The number of aromatic nitrogens is 3. The second-order valence-electron chi connectivity index (χ2n) is 11.2. The Morgan fingerprint density at radius 3 is 2.57 bits per heavy atom. The van der Waals surface area contributed by atoms with Crippen molar-refractivity contribution in [2.75, 3.05) is 33.4 Å². The Morgan fingerprint density at radius 1 is 1.08 bits per heavy atom. The number of alkyl halides is 2. The van der Waals surface area contributed by atoms with Crippen LogP contribution in [0.5, 0.6) is 5.75 Å². The molecular weight excluding hydrogens is 662 g/mol. The normalized spacial score (nSPS) is 14.3. The van der Waals surface area contributed by atoms with E-state index in [4.69, 9.17) is 19.6 Å². The molecule has 254 valence electrons. The van der Waals surface area contributed by atoms with Crippen LogP contribution in [0.1, 0.15) is 29.0 Å². The standard InChI is InChI=1S/C35H31F4N5O4S/c1-4-29(45)43-10-11-44-26(19(43)2)17-25(42-44)33-31(30-24(37)15-22(36)16-27(30)48-13-12-47-3)34-23(9-14-49-34)32(41-33)20-5-7-21(8-6-20)35(46)40-18-28(38)39/h4-9,14-17,19,28H,1,10-13,18H2,2-3H3,(H,40,46)/t19-/m1/s1. The third kappa shape index (κ3) is 6.65. The number of hydrogen-bond acceptors (Lipinski definition) is 7. The molecule has 1 aliphatic heterocycles. The fourth-order valence-electron chi connectivity index (χ4n) is 5.89. The number of thiophene rings is 1. The van der Waals surface area contributed by atoms with E-state index in [1.165, 1.54) is 36.7 Å². The summed E-state index contributed by atoms with van der Waals surface area (Å²) in [6.07, 6.45) is -1.42. The van der Waals surface area contributed by atoms with Crippen molar-refractivity contribution in [2.45, 2.75) is 25.9 Å². The number of amides is 2. The Kier molecular flexibility index (Phi) is 9.79. The van der Waals surface area contributed by atoms with E-state index in [1.54, 1.807) is 27.8 Å². The van der Waals surface area contributed by atoms with Crippen molar-refractivity contribution < 1.29 is 36.6 Å². The summed E-state index contributed by atoms with van der Waals surface area (Å²) in [5.41, 5.74) is 2.99. The lowest BCUT2D eigenvalue weighted by atomic mass is 9.96. The van der Waals surface area contributed by atoms with Gasteiger partial charge in [0.25, 0.3) is 12.3 Å². The van der Waals surface area contributed by atoms with Gasteiger partial charge in [-0.2, -0.15) is 5.10 Å². The maximum Gasteiger partial charge on any atom is 0.255 e. The number of carbonyl (C=O) groups excluding carboxylic acids is 2. The van der Waals surface area contributed by atoms with Crippen molar-refractivity contribution in [1.82, 2.24) is 25.0 Å².